The van der Waals surface area contributed by atoms with Crippen molar-refractivity contribution < 1.29 is 27.8 Å². The lowest BCUT2D eigenvalue weighted by Gasteiger charge is -2.20. The Morgan fingerprint density at radius 1 is 0.971 bits per heavy atom. The number of hydrogen-bond acceptors (Lipinski definition) is 5. The Hall–Kier alpha value is -3.62. The second-order valence-corrected chi connectivity index (χ2v) is 10.1. The van der Waals surface area contributed by atoms with Crippen LogP contribution < -0.4 is 14.2 Å². The van der Waals surface area contributed by atoms with Gasteiger partial charge in [-0.1, -0.05) is 43.0 Å². The van der Waals surface area contributed by atoms with Gasteiger partial charge in [0.15, 0.2) is 0 Å². The highest BCUT2D eigenvalue weighted by atomic mass is 32.2. The molecule has 3 atom stereocenters. The molecular formula is C26H23NO6S. The molecule has 3 aromatic rings. The minimum absolute atomic E-state index is 0.0493. The molecule has 3 aromatic carbocycles. The van der Waals surface area contributed by atoms with Crippen molar-refractivity contribution in [3.63, 3.8) is 0 Å². The summed E-state index contributed by atoms with van der Waals surface area (Å²) in [5.74, 6) is 0.364. The van der Waals surface area contributed by atoms with Crippen LogP contribution in [0.5, 0.6) is 17.2 Å². The minimum atomic E-state index is -3.79. The number of carboxylic acids is 1. The smallest absolute Gasteiger partial charge is 0.335 e. The second kappa shape index (κ2) is 8.62. The van der Waals surface area contributed by atoms with Gasteiger partial charge in [0.1, 0.15) is 23.4 Å². The Bertz CT molecular complexity index is 1350. The zero-order chi connectivity index (χ0) is 23.9. The first-order valence-corrected chi connectivity index (χ1v) is 12.4. The molecule has 7 nitrogen and oxygen atoms in total. The molecule has 174 valence electrons. The van der Waals surface area contributed by atoms with Gasteiger partial charge in [-0.3, -0.25) is 0 Å². The van der Waals surface area contributed by atoms with E-state index in [-0.39, 0.29) is 28.5 Å². The number of fused-ring (bicyclic) bond motifs is 3. The quantitative estimate of drug-likeness (QED) is 0.484. The summed E-state index contributed by atoms with van der Waals surface area (Å²) in [5, 5.41) is 9.35. The van der Waals surface area contributed by atoms with Gasteiger partial charge in [0.2, 0.25) is 10.0 Å². The van der Waals surface area contributed by atoms with Crippen molar-refractivity contribution in [3.8, 4) is 17.2 Å². The molecule has 5 rings (SSSR count). The third-order valence-electron chi connectivity index (χ3n) is 6.27. The first-order valence-electron chi connectivity index (χ1n) is 10.9. The van der Waals surface area contributed by atoms with Gasteiger partial charge in [-0.2, -0.15) is 0 Å². The lowest BCUT2D eigenvalue weighted by molar-refractivity contribution is -0.130. The molecule has 1 aliphatic carbocycles. The molecule has 1 heterocycles. The van der Waals surface area contributed by atoms with Crippen LogP contribution in [0.25, 0.3) is 5.57 Å². The van der Waals surface area contributed by atoms with Gasteiger partial charge < -0.3 is 14.6 Å². The number of hydrogen-bond donors (Lipinski definition) is 2. The van der Waals surface area contributed by atoms with E-state index in [1.165, 1.54) is 12.1 Å². The SMILES string of the molecule is C=C(C(=O)O)c1cccc2c1OC1CCC(NS(=O)(=O)c3ccc(Oc4ccccc4)cc3)C21. The monoisotopic (exact) mass is 477 g/mol. The molecule has 0 radical (unpaired) electrons. The van der Waals surface area contributed by atoms with Crippen LogP contribution in [0.15, 0.2) is 84.3 Å². The maximum Gasteiger partial charge on any atom is 0.335 e. The van der Waals surface area contributed by atoms with E-state index < -0.39 is 16.0 Å². The van der Waals surface area contributed by atoms with E-state index in [1.54, 1.807) is 24.3 Å². The fourth-order valence-electron chi connectivity index (χ4n) is 4.68. The van der Waals surface area contributed by atoms with Crippen LogP contribution in [0.4, 0.5) is 0 Å². The van der Waals surface area contributed by atoms with Crippen LogP contribution in [0, 0.1) is 0 Å². The summed E-state index contributed by atoms with van der Waals surface area (Å²) in [6.07, 6.45) is 1.06. The molecule has 0 bridgehead atoms. The fourth-order valence-corrected chi connectivity index (χ4v) is 5.97. The Labute approximate surface area is 197 Å². The predicted molar refractivity (Wildman–Crippen MR) is 127 cm³/mol. The molecule has 2 N–H and O–H groups in total. The highest BCUT2D eigenvalue weighted by molar-refractivity contribution is 7.89. The van der Waals surface area contributed by atoms with Crippen molar-refractivity contribution in [2.45, 2.75) is 35.8 Å². The van der Waals surface area contributed by atoms with Crippen molar-refractivity contribution in [2.24, 2.45) is 0 Å². The molecule has 3 unspecified atom stereocenters. The molecule has 1 fully saturated rings. The van der Waals surface area contributed by atoms with Gasteiger partial charge in [0.25, 0.3) is 0 Å². The Balaban J connectivity index is 1.35. The zero-order valence-corrected chi connectivity index (χ0v) is 19.0. The summed E-state index contributed by atoms with van der Waals surface area (Å²) >= 11 is 0. The van der Waals surface area contributed by atoms with Gasteiger partial charge in [0.05, 0.1) is 10.5 Å². The number of benzene rings is 3. The maximum absolute atomic E-state index is 13.1. The number of carbonyl (C=O) groups is 1. The molecule has 8 heteroatoms. The van der Waals surface area contributed by atoms with Crippen LogP contribution >= 0.6 is 0 Å². The van der Waals surface area contributed by atoms with Crippen LogP contribution in [-0.2, 0) is 14.8 Å². The van der Waals surface area contributed by atoms with E-state index in [1.807, 2.05) is 36.4 Å². The van der Waals surface area contributed by atoms with Crippen molar-refractivity contribution in [1.82, 2.24) is 4.72 Å². The largest absolute Gasteiger partial charge is 0.489 e. The van der Waals surface area contributed by atoms with Crippen LogP contribution in [0.3, 0.4) is 0 Å². The van der Waals surface area contributed by atoms with Gasteiger partial charge in [-0.15, -0.1) is 0 Å². The van der Waals surface area contributed by atoms with Crippen molar-refractivity contribution in [1.29, 1.82) is 0 Å². The van der Waals surface area contributed by atoms with Gasteiger partial charge in [-0.05, 0) is 49.2 Å². The highest BCUT2D eigenvalue weighted by Crippen LogP contribution is 2.49. The molecule has 2 aliphatic rings. The van der Waals surface area contributed by atoms with E-state index in [0.717, 1.165) is 5.56 Å². The minimum Gasteiger partial charge on any atom is -0.489 e. The summed E-state index contributed by atoms with van der Waals surface area (Å²) < 4.78 is 40.9. The third kappa shape index (κ3) is 4.06. The van der Waals surface area contributed by atoms with Crippen LogP contribution in [-0.4, -0.2) is 31.6 Å². The Kier molecular flexibility index (Phi) is 5.63. The molecule has 0 spiro atoms. The van der Waals surface area contributed by atoms with Crippen molar-refractivity contribution in [2.75, 3.05) is 0 Å². The average Bonchev–Trinajstić information content (AvgIpc) is 3.39. The molecule has 0 saturated heterocycles. The summed E-state index contributed by atoms with van der Waals surface area (Å²) in [4.78, 5) is 11.6. The molecule has 0 amide bonds. The molecule has 1 saturated carbocycles. The van der Waals surface area contributed by atoms with Gasteiger partial charge >= 0.3 is 5.97 Å². The number of para-hydroxylation sites is 2. The summed E-state index contributed by atoms with van der Waals surface area (Å²) in [6.45, 7) is 3.65. The Morgan fingerprint density at radius 3 is 2.38 bits per heavy atom. The van der Waals surface area contributed by atoms with E-state index >= 15 is 0 Å². The van der Waals surface area contributed by atoms with Gasteiger partial charge in [0, 0.05) is 23.1 Å². The van der Waals surface area contributed by atoms with Crippen molar-refractivity contribution in [3.05, 3.63) is 90.5 Å². The van der Waals surface area contributed by atoms with E-state index in [9.17, 15) is 18.3 Å². The van der Waals surface area contributed by atoms with Gasteiger partial charge in [-0.25, -0.2) is 17.9 Å². The number of ether oxygens (including phenoxy) is 2. The number of aliphatic carboxylic acids is 1. The lowest BCUT2D eigenvalue weighted by Crippen LogP contribution is -2.37. The first-order chi connectivity index (χ1) is 16.3. The number of sulfonamides is 1. The second-order valence-electron chi connectivity index (χ2n) is 8.38. The topological polar surface area (TPSA) is 102 Å². The summed E-state index contributed by atoms with van der Waals surface area (Å²) in [7, 11) is -3.79. The molecule has 34 heavy (non-hydrogen) atoms. The lowest BCUT2D eigenvalue weighted by atomic mass is 9.92. The maximum atomic E-state index is 13.1. The molecule has 0 aromatic heterocycles. The number of carboxylic acid groups (broad SMARTS) is 1. The van der Waals surface area contributed by atoms with Crippen molar-refractivity contribution >= 4 is 21.6 Å². The molecular weight excluding hydrogens is 454 g/mol. The first kappa shape index (κ1) is 22.2. The normalized spacial score (nSPS) is 20.8. The number of nitrogens with one attached hydrogen (secondary N) is 1. The fraction of sp³-hybridized carbons (Fsp3) is 0.192. The van der Waals surface area contributed by atoms with Crippen LogP contribution in [0.2, 0.25) is 0 Å². The van der Waals surface area contributed by atoms with Crippen LogP contribution in [0.1, 0.15) is 29.9 Å². The van der Waals surface area contributed by atoms with E-state index in [2.05, 4.69) is 11.3 Å². The highest BCUT2D eigenvalue weighted by Gasteiger charge is 2.47. The third-order valence-corrected chi connectivity index (χ3v) is 7.78. The number of rotatable bonds is 7. The predicted octanol–water partition coefficient (Wildman–Crippen LogP) is 4.56. The zero-order valence-electron chi connectivity index (χ0n) is 18.2. The van der Waals surface area contributed by atoms with E-state index in [0.29, 0.717) is 35.7 Å². The van der Waals surface area contributed by atoms with E-state index in [4.69, 9.17) is 9.47 Å². The standard InChI is InChI=1S/C26H23NO6S/c1-16(26(28)29)20-8-5-9-21-24-22(14-15-23(24)33-25(20)21)27-34(30,31)19-12-10-18(11-13-19)32-17-6-3-2-4-7-17/h2-13,22-24,27H,1,14-15H2,(H,28,29). The molecule has 1 aliphatic heterocycles. The summed E-state index contributed by atoms with van der Waals surface area (Å²) in [6, 6.07) is 20.4. The summed E-state index contributed by atoms with van der Waals surface area (Å²) in [5.41, 5.74) is 1.18. The Morgan fingerprint density at radius 2 is 1.68 bits per heavy atom. The average molecular weight is 478 g/mol.